The Balaban J connectivity index is 2.93. The lowest BCUT2D eigenvalue weighted by atomic mass is 10.1. The molecule has 0 amide bonds. The van der Waals surface area contributed by atoms with Gasteiger partial charge in [-0.2, -0.15) is 0 Å². The van der Waals surface area contributed by atoms with Gasteiger partial charge in [0, 0.05) is 12.2 Å². The van der Waals surface area contributed by atoms with Crippen molar-refractivity contribution in [3.63, 3.8) is 0 Å². The fourth-order valence-corrected chi connectivity index (χ4v) is 1.40. The Labute approximate surface area is 78.6 Å². The molecule has 1 rings (SSSR count). The molecule has 0 radical (unpaired) electrons. The van der Waals surface area contributed by atoms with E-state index in [1.165, 1.54) is 5.69 Å². The van der Waals surface area contributed by atoms with Gasteiger partial charge in [0.15, 0.2) is 0 Å². The normalized spacial score (nSPS) is 11.0. The zero-order valence-corrected chi connectivity index (χ0v) is 8.74. The highest BCUT2D eigenvalue weighted by molar-refractivity contribution is 7.71. The first-order chi connectivity index (χ1) is 5.65. The molecule has 0 aliphatic heterocycles. The quantitative estimate of drug-likeness (QED) is 0.716. The van der Waals surface area contributed by atoms with E-state index in [0.717, 1.165) is 17.6 Å². The monoisotopic (exact) mass is 184 g/mol. The molecule has 0 saturated heterocycles. The van der Waals surface area contributed by atoms with Gasteiger partial charge in [-0.05, 0) is 18.4 Å². The molecule has 0 bridgehead atoms. The number of H-pyrrole nitrogens is 1. The second-order valence-electron chi connectivity index (χ2n) is 3.36. The van der Waals surface area contributed by atoms with Crippen molar-refractivity contribution in [3.8, 4) is 0 Å². The predicted molar refractivity (Wildman–Crippen MR) is 54.0 cm³/mol. The van der Waals surface area contributed by atoms with Crippen LogP contribution >= 0.6 is 12.2 Å². The summed E-state index contributed by atoms with van der Waals surface area (Å²) >= 11 is 5.19. The predicted octanol–water partition coefficient (Wildman–Crippen LogP) is 3.08. The lowest BCUT2D eigenvalue weighted by Crippen LogP contribution is -2.00. The summed E-state index contributed by atoms with van der Waals surface area (Å²) in [5.41, 5.74) is 1.23. The highest BCUT2D eigenvalue weighted by atomic mass is 32.1. The van der Waals surface area contributed by atoms with Gasteiger partial charge in [0.25, 0.3) is 0 Å². The van der Waals surface area contributed by atoms with Gasteiger partial charge in [0.2, 0.25) is 0 Å². The third-order valence-electron chi connectivity index (χ3n) is 1.88. The molecule has 1 aromatic heterocycles. The van der Waals surface area contributed by atoms with Crippen LogP contribution < -0.4 is 0 Å². The number of hydrogen-bond donors (Lipinski definition) is 1. The van der Waals surface area contributed by atoms with Gasteiger partial charge in [-0.1, -0.05) is 33.0 Å². The first-order valence-corrected chi connectivity index (χ1v) is 4.85. The minimum absolute atomic E-state index is 0.532. The second kappa shape index (κ2) is 3.90. The van der Waals surface area contributed by atoms with Crippen molar-refractivity contribution in [1.29, 1.82) is 0 Å². The Kier molecular flexibility index (Phi) is 3.09. The van der Waals surface area contributed by atoms with Crippen LogP contribution in [0.25, 0.3) is 0 Å². The van der Waals surface area contributed by atoms with E-state index >= 15 is 0 Å². The molecule has 0 spiro atoms. The highest BCUT2D eigenvalue weighted by Crippen LogP contribution is 2.11. The van der Waals surface area contributed by atoms with Crippen LogP contribution in [0.4, 0.5) is 0 Å². The molecule has 1 aromatic rings. The molecule has 0 unspecified atom stereocenters. The summed E-state index contributed by atoms with van der Waals surface area (Å²) in [6.45, 7) is 7.47. The standard InChI is InChI=1S/C9H16N2S/c1-4-5-11-9(12)6-8(10-11)7(2)3/h6-7,10H,4-5H2,1-3H3. The van der Waals surface area contributed by atoms with Crippen molar-refractivity contribution in [2.24, 2.45) is 0 Å². The molecule has 1 N–H and O–H groups in total. The Morgan fingerprint density at radius 2 is 2.25 bits per heavy atom. The van der Waals surface area contributed by atoms with Crippen LogP contribution in [0.3, 0.4) is 0 Å². The molecule has 0 fully saturated rings. The van der Waals surface area contributed by atoms with Crippen LogP contribution in [0.15, 0.2) is 6.07 Å². The minimum atomic E-state index is 0.532. The van der Waals surface area contributed by atoms with Gasteiger partial charge in [0.05, 0.1) is 0 Å². The maximum Gasteiger partial charge on any atom is 0.122 e. The molecule has 0 aromatic carbocycles. The fourth-order valence-electron chi connectivity index (χ4n) is 1.14. The van der Waals surface area contributed by atoms with Gasteiger partial charge < -0.3 is 5.10 Å². The van der Waals surface area contributed by atoms with Crippen LogP contribution in [-0.2, 0) is 6.54 Å². The third-order valence-corrected chi connectivity index (χ3v) is 2.22. The fraction of sp³-hybridized carbons (Fsp3) is 0.667. The molecule has 0 atom stereocenters. The largest absolute Gasteiger partial charge is 0.301 e. The number of nitrogens with one attached hydrogen (secondary N) is 1. The highest BCUT2D eigenvalue weighted by Gasteiger charge is 2.02. The molecule has 3 heteroatoms. The first-order valence-electron chi connectivity index (χ1n) is 4.45. The molecule has 0 saturated carbocycles. The van der Waals surface area contributed by atoms with Crippen LogP contribution in [0.5, 0.6) is 0 Å². The molecular formula is C9H16N2S. The number of aryl methyl sites for hydroxylation is 1. The van der Waals surface area contributed by atoms with E-state index in [0.29, 0.717) is 5.92 Å². The molecule has 0 aliphatic carbocycles. The average Bonchev–Trinajstić information content (AvgIpc) is 2.34. The van der Waals surface area contributed by atoms with Crippen molar-refractivity contribution >= 4 is 12.2 Å². The molecular weight excluding hydrogens is 168 g/mol. The number of nitrogens with zero attached hydrogens (tertiary/aromatic N) is 1. The van der Waals surface area contributed by atoms with E-state index in [1.54, 1.807) is 0 Å². The number of hydrogen-bond acceptors (Lipinski definition) is 1. The van der Waals surface area contributed by atoms with Gasteiger partial charge in [-0.25, -0.2) is 0 Å². The first kappa shape index (κ1) is 9.52. The smallest absolute Gasteiger partial charge is 0.122 e. The van der Waals surface area contributed by atoms with Gasteiger partial charge >= 0.3 is 0 Å². The lowest BCUT2D eigenvalue weighted by Gasteiger charge is -2.01. The molecule has 1 heterocycles. The van der Waals surface area contributed by atoms with E-state index in [9.17, 15) is 0 Å². The topological polar surface area (TPSA) is 20.7 Å². The Bertz CT molecular complexity index is 296. The van der Waals surface area contributed by atoms with Crippen molar-refractivity contribution in [2.45, 2.75) is 39.7 Å². The summed E-state index contributed by atoms with van der Waals surface area (Å²) in [5, 5.41) is 3.29. The second-order valence-corrected chi connectivity index (χ2v) is 3.77. The summed E-state index contributed by atoms with van der Waals surface area (Å²) in [6, 6.07) is 2.05. The van der Waals surface area contributed by atoms with Crippen molar-refractivity contribution in [3.05, 3.63) is 16.4 Å². The van der Waals surface area contributed by atoms with Crippen LogP contribution in [0.1, 0.15) is 38.8 Å². The zero-order valence-electron chi connectivity index (χ0n) is 7.92. The summed E-state index contributed by atoms with van der Waals surface area (Å²) < 4.78 is 2.95. The van der Waals surface area contributed by atoms with Crippen molar-refractivity contribution in [1.82, 2.24) is 9.78 Å². The molecule has 68 valence electrons. The maximum atomic E-state index is 5.19. The molecule has 12 heavy (non-hydrogen) atoms. The van der Waals surface area contributed by atoms with E-state index in [4.69, 9.17) is 12.2 Å². The summed E-state index contributed by atoms with van der Waals surface area (Å²) in [6.07, 6.45) is 1.12. The van der Waals surface area contributed by atoms with Crippen molar-refractivity contribution < 1.29 is 0 Å². The summed E-state index contributed by atoms with van der Waals surface area (Å²) in [5.74, 6) is 0.532. The lowest BCUT2D eigenvalue weighted by molar-refractivity contribution is 0.582. The van der Waals surface area contributed by atoms with Crippen molar-refractivity contribution in [2.75, 3.05) is 0 Å². The SMILES string of the molecule is CCCn1[nH]c(C(C)C)cc1=S. The third kappa shape index (κ3) is 1.97. The minimum Gasteiger partial charge on any atom is -0.301 e. The van der Waals surface area contributed by atoms with Crippen LogP contribution in [0, 0.1) is 4.64 Å². The van der Waals surface area contributed by atoms with Crippen LogP contribution in [0.2, 0.25) is 0 Å². The van der Waals surface area contributed by atoms with Gasteiger partial charge in [0.1, 0.15) is 4.64 Å². The van der Waals surface area contributed by atoms with Gasteiger partial charge in [-0.3, -0.25) is 4.68 Å². The van der Waals surface area contributed by atoms with E-state index in [2.05, 4.69) is 31.9 Å². The Morgan fingerprint density at radius 3 is 2.67 bits per heavy atom. The van der Waals surface area contributed by atoms with E-state index < -0.39 is 0 Å². The van der Waals surface area contributed by atoms with E-state index in [-0.39, 0.29) is 0 Å². The molecule has 2 nitrogen and oxygen atoms in total. The zero-order chi connectivity index (χ0) is 9.14. The average molecular weight is 184 g/mol. The van der Waals surface area contributed by atoms with Gasteiger partial charge in [-0.15, -0.1) is 0 Å². The summed E-state index contributed by atoms with van der Waals surface area (Å²) in [7, 11) is 0. The summed E-state index contributed by atoms with van der Waals surface area (Å²) in [4.78, 5) is 0. The Morgan fingerprint density at radius 1 is 1.58 bits per heavy atom. The number of aromatic nitrogens is 2. The number of aromatic amines is 1. The van der Waals surface area contributed by atoms with E-state index in [1.807, 2.05) is 4.68 Å². The number of rotatable bonds is 3. The maximum absolute atomic E-state index is 5.19. The molecule has 0 aliphatic rings. The Hall–Kier alpha value is -0.570. The van der Waals surface area contributed by atoms with Crippen LogP contribution in [-0.4, -0.2) is 9.78 Å².